The van der Waals surface area contributed by atoms with Crippen molar-refractivity contribution in [2.75, 3.05) is 11.5 Å². The van der Waals surface area contributed by atoms with E-state index in [-0.39, 0.29) is 0 Å². The SMILES string of the molecule is Nc1cc(N)c2cn[nH]c2n1. The fourth-order valence-corrected chi connectivity index (χ4v) is 0.974. The van der Waals surface area contributed by atoms with Crippen molar-refractivity contribution < 1.29 is 0 Å². The number of H-pyrrole nitrogens is 1. The van der Waals surface area contributed by atoms with Crippen molar-refractivity contribution in [2.24, 2.45) is 0 Å². The highest BCUT2D eigenvalue weighted by atomic mass is 15.1. The van der Waals surface area contributed by atoms with Crippen molar-refractivity contribution in [1.29, 1.82) is 0 Å². The van der Waals surface area contributed by atoms with Gasteiger partial charge in [-0.25, -0.2) is 4.98 Å². The van der Waals surface area contributed by atoms with Crippen molar-refractivity contribution >= 4 is 22.5 Å². The highest BCUT2D eigenvalue weighted by Crippen LogP contribution is 2.18. The van der Waals surface area contributed by atoms with Crippen LogP contribution >= 0.6 is 0 Å². The van der Waals surface area contributed by atoms with E-state index in [4.69, 9.17) is 11.5 Å². The summed E-state index contributed by atoms with van der Waals surface area (Å²) in [6, 6.07) is 1.61. The van der Waals surface area contributed by atoms with Crippen molar-refractivity contribution in [3.05, 3.63) is 12.3 Å². The van der Waals surface area contributed by atoms with E-state index in [1.165, 1.54) is 0 Å². The number of nitrogens with two attached hydrogens (primary N) is 2. The Labute approximate surface area is 62.4 Å². The maximum atomic E-state index is 5.62. The minimum Gasteiger partial charge on any atom is -0.398 e. The molecule has 5 N–H and O–H groups in total. The molecule has 0 bridgehead atoms. The standard InChI is InChI=1S/C6H7N5/c7-4-1-5(8)10-6-3(4)2-9-11-6/h1-2H,(H5,7,8,9,10,11). The van der Waals surface area contributed by atoms with Gasteiger partial charge in [0.25, 0.3) is 0 Å². The Balaban J connectivity index is 2.91. The molecule has 5 heteroatoms. The van der Waals surface area contributed by atoms with E-state index < -0.39 is 0 Å². The zero-order chi connectivity index (χ0) is 7.84. The molecule has 0 fully saturated rings. The van der Waals surface area contributed by atoms with Crippen LogP contribution in [0.1, 0.15) is 0 Å². The van der Waals surface area contributed by atoms with E-state index in [9.17, 15) is 0 Å². The van der Waals surface area contributed by atoms with Crippen LogP contribution in [0.25, 0.3) is 11.0 Å². The number of rotatable bonds is 0. The molecule has 0 saturated heterocycles. The van der Waals surface area contributed by atoms with Crippen molar-refractivity contribution in [2.45, 2.75) is 0 Å². The lowest BCUT2D eigenvalue weighted by Gasteiger charge is -1.95. The Morgan fingerprint density at radius 2 is 2.18 bits per heavy atom. The Kier molecular flexibility index (Phi) is 1.00. The number of aromatic nitrogens is 3. The Bertz CT molecular complexity index is 391. The highest BCUT2D eigenvalue weighted by molar-refractivity contribution is 5.88. The molecule has 2 rings (SSSR count). The highest BCUT2D eigenvalue weighted by Gasteiger charge is 2.01. The lowest BCUT2D eigenvalue weighted by Crippen LogP contribution is -1.94. The number of aromatic amines is 1. The van der Waals surface area contributed by atoms with Crippen LogP contribution in [0.5, 0.6) is 0 Å². The number of fused-ring (bicyclic) bond motifs is 1. The molecule has 0 aliphatic rings. The molecule has 0 aliphatic carbocycles. The van der Waals surface area contributed by atoms with E-state index in [2.05, 4.69) is 15.2 Å². The number of hydrogen-bond donors (Lipinski definition) is 3. The van der Waals surface area contributed by atoms with Gasteiger partial charge in [-0.15, -0.1) is 0 Å². The van der Waals surface area contributed by atoms with E-state index >= 15 is 0 Å². The van der Waals surface area contributed by atoms with Gasteiger partial charge in [-0.1, -0.05) is 0 Å². The minimum absolute atomic E-state index is 0.402. The van der Waals surface area contributed by atoms with Crippen molar-refractivity contribution in [1.82, 2.24) is 15.2 Å². The van der Waals surface area contributed by atoms with Crippen LogP contribution in [0, 0.1) is 0 Å². The first-order chi connectivity index (χ1) is 5.27. The summed E-state index contributed by atoms with van der Waals surface area (Å²) in [6.45, 7) is 0. The second-order valence-corrected chi connectivity index (χ2v) is 2.27. The first kappa shape index (κ1) is 5.96. The van der Waals surface area contributed by atoms with Gasteiger partial charge in [0.2, 0.25) is 0 Å². The van der Waals surface area contributed by atoms with E-state index in [0.717, 1.165) is 5.39 Å². The predicted octanol–water partition coefficient (Wildman–Crippen LogP) is 0.122. The minimum atomic E-state index is 0.402. The first-order valence-corrected chi connectivity index (χ1v) is 3.12. The Hall–Kier alpha value is -1.78. The predicted molar refractivity (Wildman–Crippen MR) is 42.7 cm³/mol. The quantitative estimate of drug-likeness (QED) is 0.496. The van der Waals surface area contributed by atoms with Gasteiger partial charge in [0.1, 0.15) is 5.82 Å². The topological polar surface area (TPSA) is 93.6 Å². The Morgan fingerprint density at radius 3 is 3.00 bits per heavy atom. The van der Waals surface area contributed by atoms with E-state index in [0.29, 0.717) is 17.2 Å². The molecule has 11 heavy (non-hydrogen) atoms. The van der Waals surface area contributed by atoms with Crippen LogP contribution in [0.15, 0.2) is 12.3 Å². The normalized spacial score (nSPS) is 10.5. The number of nitrogens with zero attached hydrogens (tertiary/aromatic N) is 2. The number of nitrogens with one attached hydrogen (secondary N) is 1. The summed E-state index contributed by atoms with van der Waals surface area (Å²) in [4.78, 5) is 3.98. The van der Waals surface area contributed by atoms with E-state index in [1.807, 2.05) is 0 Å². The molecule has 0 unspecified atom stereocenters. The number of hydrogen-bond acceptors (Lipinski definition) is 4. The third-order valence-electron chi connectivity index (χ3n) is 1.47. The summed E-state index contributed by atoms with van der Waals surface area (Å²) >= 11 is 0. The van der Waals surface area contributed by atoms with Gasteiger partial charge in [0, 0.05) is 11.8 Å². The van der Waals surface area contributed by atoms with Gasteiger partial charge >= 0.3 is 0 Å². The van der Waals surface area contributed by atoms with Crippen molar-refractivity contribution in [3.8, 4) is 0 Å². The summed E-state index contributed by atoms with van der Waals surface area (Å²) in [6.07, 6.45) is 1.62. The zero-order valence-electron chi connectivity index (χ0n) is 5.70. The monoisotopic (exact) mass is 149 g/mol. The fourth-order valence-electron chi connectivity index (χ4n) is 0.974. The average molecular weight is 149 g/mol. The molecule has 0 radical (unpaired) electrons. The van der Waals surface area contributed by atoms with Gasteiger partial charge in [-0.05, 0) is 0 Å². The van der Waals surface area contributed by atoms with Crippen LogP contribution in [0.4, 0.5) is 11.5 Å². The summed E-state index contributed by atoms with van der Waals surface area (Å²) in [5.41, 5.74) is 12.3. The number of nitrogen functional groups attached to an aromatic ring is 2. The third kappa shape index (κ3) is 0.778. The maximum absolute atomic E-state index is 5.62. The molecule has 5 nitrogen and oxygen atoms in total. The van der Waals surface area contributed by atoms with Crippen LogP contribution in [0.3, 0.4) is 0 Å². The van der Waals surface area contributed by atoms with Gasteiger partial charge in [0.05, 0.1) is 11.6 Å². The van der Waals surface area contributed by atoms with Gasteiger partial charge in [-0.2, -0.15) is 5.10 Å². The zero-order valence-corrected chi connectivity index (χ0v) is 5.70. The van der Waals surface area contributed by atoms with Gasteiger partial charge < -0.3 is 11.5 Å². The number of anilines is 2. The van der Waals surface area contributed by atoms with Crippen LogP contribution in [0.2, 0.25) is 0 Å². The lowest BCUT2D eigenvalue weighted by molar-refractivity contribution is 1.10. The molecular formula is C6H7N5. The third-order valence-corrected chi connectivity index (χ3v) is 1.47. The molecule has 0 aliphatic heterocycles. The van der Waals surface area contributed by atoms with Crippen LogP contribution in [-0.2, 0) is 0 Å². The summed E-state index contributed by atoms with van der Waals surface area (Å²) in [5, 5.41) is 7.27. The molecule has 0 amide bonds. The lowest BCUT2D eigenvalue weighted by atomic mass is 10.3. The largest absolute Gasteiger partial charge is 0.398 e. The number of pyridine rings is 1. The van der Waals surface area contributed by atoms with Crippen LogP contribution in [-0.4, -0.2) is 15.2 Å². The van der Waals surface area contributed by atoms with Crippen molar-refractivity contribution in [3.63, 3.8) is 0 Å². The summed E-state index contributed by atoms with van der Waals surface area (Å²) < 4.78 is 0. The first-order valence-electron chi connectivity index (χ1n) is 3.12. The van der Waals surface area contributed by atoms with E-state index in [1.54, 1.807) is 12.3 Å². The summed E-state index contributed by atoms with van der Waals surface area (Å²) in [5.74, 6) is 0.402. The second-order valence-electron chi connectivity index (χ2n) is 2.27. The fraction of sp³-hybridized carbons (Fsp3) is 0. The van der Waals surface area contributed by atoms with Gasteiger partial charge in [0.15, 0.2) is 5.65 Å². The molecule has 56 valence electrons. The van der Waals surface area contributed by atoms with Crippen LogP contribution < -0.4 is 11.5 Å². The molecule has 0 atom stereocenters. The molecular weight excluding hydrogens is 142 g/mol. The molecule has 2 aromatic rings. The summed E-state index contributed by atoms with van der Waals surface area (Å²) in [7, 11) is 0. The Morgan fingerprint density at radius 1 is 1.36 bits per heavy atom. The molecule has 0 spiro atoms. The smallest absolute Gasteiger partial charge is 0.159 e. The second kappa shape index (κ2) is 1.85. The molecule has 0 saturated carbocycles. The average Bonchev–Trinajstić information content (AvgIpc) is 2.34. The molecule has 2 heterocycles. The molecule has 2 aromatic heterocycles. The molecule has 0 aromatic carbocycles. The maximum Gasteiger partial charge on any atom is 0.159 e. The van der Waals surface area contributed by atoms with Gasteiger partial charge in [-0.3, -0.25) is 5.10 Å².